The van der Waals surface area contributed by atoms with Crippen LogP contribution in [0.15, 0.2) is 34.2 Å². The minimum Gasteiger partial charge on any atom is -0.440 e. The lowest BCUT2D eigenvalue weighted by atomic mass is 10.00. The Balaban J connectivity index is 1.16. The summed E-state index contributed by atoms with van der Waals surface area (Å²) in [6.07, 6.45) is -0.235. The molecule has 0 radical (unpaired) electrons. The normalized spacial score (nSPS) is 24.3. The number of quaternary nitrogens is 1. The maximum atomic E-state index is 13.9. The fourth-order valence-corrected chi connectivity index (χ4v) is 5.94. The number of fused-ring (bicyclic) bond motifs is 1. The van der Waals surface area contributed by atoms with E-state index in [1.165, 1.54) is 12.5 Å². The molecule has 0 spiro atoms. The van der Waals surface area contributed by atoms with Crippen LogP contribution in [0.5, 0.6) is 0 Å². The minimum absolute atomic E-state index is 0.303. The van der Waals surface area contributed by atoms with Crippen LogP contribution in [0, 0.1) is 18.7 Å². The second-order valence-electron chi connectivity index (χ2n) is 8.97. The molecule has 0 amide bonds. The average molecular weight is 483 g/mol. The average Bonchev–Trinajstić information content (AvgIpc) is 3.05. The molecule has 0 bridgehead atoms. The number of piperidine rings is 1. The van der Waals surface area contributed by atoms with Gasteiger partial charge in [0.15, 0.2) is 17.3 Å². The van der Waals surface area contributed by atoms with E-state index in [2.05, 4.69) is 15.2 Å². The van der Waals surface area contributed by atoms with Crippen molar-refractivity contribution < 1.29 is 22.0 Å². The summed E-state index contributed by atoms with van der Waals surface area (Å²) in [5, 5.41) is 9.25. The maximum absolute atomic E-state index is 13.9. The van der Waals surface area contributed by atoms with Crippen molar-refractivity contribution in [3.63, 3.8) is 0 Å². The lowest BCUT2D eigenvalue weighted by Crippen LogP contribution is -2.28. The number of thioether (sulfide) groups is 1. The Bertz CT molecular complexity index is 1180. The zero-order valence-corrected chi connectivity index (χ0v) is 19.1. The Labute approximate surface area is 192 Å². The molecule has 2 saturated heterocycles. The molecular formula is C22H24F4N5OS+. The van der Waals surface area contributed by atoms with Gasteiger partial charge in [-0.15, -0.1) is 10.2 Å². The highest BCUT2D eigenvalue weighted by molar-refractivity contribution is 7.99. The smallest absolute Gasteiger partial charge is 0.416 e. The van der Waals surface area contributed by atoms with Crippen molar-refractivity contribution >= 4 is 17.4 Å². The molecule has 6 nitrogen and oxygen atoms in total. The van der Waals surface area contributed by atoms with E-state index in [0.29, 0.717) is 39.8 Å². The van der Waals surface area contributed by atoms with Crippen LogP contribution >= 0.6 is 11.8 Å². The van der Waals surface area contributed by atoms with Gasteiger partial charge in [0.2, 0.25) is 5.82 Å². The molecule has 1 aromatic carbocycles. The Morgan fingerprint density at radius 3 is 2.76 bits per heavy atom. The standard InChI is InChI=1S/C22H24F4N5OS/c1-13-19(32-12-27-13)20-28-29-21(30(20)2)33-5-3-4-14-6-18-11-31(18,10-14)17-8-15(22(24,25)26)7-16(23)9-17/h7-9,12,14,18H,3-6,10-11H2,1-2H3/q+1/t14?,18-,31+/m1/s1. The molecule has 11 heteroatoms. The summed E-state index contributed by atoms with van der Waals surface area (Å²) in [6, 6.07) is 3.28. The number of hydrogen-bond donors (Lipinski definition) is 0. The van der Waals surface area contributed by atoms with Gasteiger partial charge in [-0.3, -0.25) is 4.48 Å². The Kier molecular flexibility index (Phi) is 5.51. The third-order valence-electron chi connectivity index (χ3n) is 6.79. The molecule has 4 heterocycles. The van der Waals surface area contributed by atoms with Gasteiger partial charge in [0.25, 0.3) is 0 Å². The van der Waals surface area contributed by atoms with Gasteiger partial charge in [0, 0.05) is 37.3 Å². The number of benzene rings is 1. The lowest BCUT2D eigenvalue weighted by Gasteiger charge is -2.19. The highest BCUT2D eigenvalue weighted by Crippen LogP contribution is 2.50. The SMILES string of the molecule is Cc1ncoc1-c1nnc(SCCCC2C[C@@H]3C[N@+]3(c3cc(F)cc(C(F)(F)F)c3)C2)n1C. The highest BCUT2D eigenvalue weighted by atomic mass is 32.2. The van der Waals surface area contributed by atoms with E-state index in [4.69, 9.17) is 4.42 Å². The molecule has 3 atom stereocenters. The first-order chi connectivity index (χ1) is 15.7. The second-order valence-corrected chi connectivity index (χ2v) is 10.0. The van der Waals surface area contributed by atoms with Gasteiger partial charge in [-0.05, 0) is 25.8 Å². The predicted molar refractivity (Wildman–Crippen MR) is 116 cm³/mol. The third kappa shape index (κ3) is 4.16. The fraction of sp³-hybridized carbons (Fsp3) is 0.500. The van der Waals surface area contributed by atoms with E-state index in [1.54, 1.807) is 11.8 Å². The zero-order chi connectivity index (χ0) is 23.4. The van der Waals surface area contributed by atoms with E-state index < -0.39 is 17.6 Å². The number of halogens is 4. The van der Waals surface area contributed by atoms with Gasteiger partial charge < -0.3 is 8.98 Å². The van der Waals surface area contributed by atoms with Gasteiger partial charge in [-0.2, -0.15) is 13.2 Å². The van der Waals surface area contributed by atoms with Crippen LogP contribution in [0.25, 0.3) is 11.6 Å². The first-order valence-electron chi connectivity index (χ1n) is 10.8. The first-order valence-corrected chi connectivity index (χ1v) is 11.8. The van der Waals surface area contributed by atoms with Gasteiger partial charge >= 0.3 is 6.18 Å². The summed E-state index contributed by atoms with van der Waals surface area (Å²) < 4.78 is 61.1. The van der Waals surface area contributed by atoms with Crippen molar-refractivity contribution in [1.29, 1.82) is 0 Å². The molecule has 2 aliphatic heterocycles. The number of oxazole rings is 1. The van der Waals surface area contributed by atoms with Crippen LogP contribution < -0.4 is 4.48 Å². The van der Waals surface area contributed by atoms with Crippen molar-refractivity contribution in [2.45, 2.75) is 43.6 Å². The molecule has 0 N–H and O–H groups in total. The summed E-state index contributed by atoms with van der Waals surface area (Å²) in [5.41, 5.74) is 0.312. The summed E-state index contributed by atoms with van der Waals surface area (Å²) in [6.45, 7) is 3.43. The summed E-state index contributed by atoms with van der Waals surface area (Å²) in [5.74, 6) is 1.71. The van der Waals surface area contributed by atoms with Crippen LogP contribution in [0.4, 0.5) is 23.2 Å². The maximum Gasteiger partial charge on any atom is 0.416 e. The van der Waals surface area contributed by atoms with Gasteiger partial charge in [0.05, 0.1) is 17.8 Å². The van der Waals surface area contributed by atoms with Crippen molar-refractivity contribution in [1.82, 2.24) is 24.2 Å². The highest BCUT2D eigenvalue weighted by Gasteiger charge is 2.63. The molecule has 3 aromatic rings. The quantitative estimate of drug-likeness (QED) is 0.152. The molecule has 176 valence electrons. The predicted octanol–water partition coefficient (Wildman–Crippen LogP) is 5.22. The number of rotatable bonds is 7. The third-order valence-corrected chi connectivity index (χ3v) is 7.89. The lowest BCUT2D eigenvalue weighted by molar-refractivity contribution is -0.137. The summed E-state index contributed by atoms with van der Waals surface area (Å²) in [4.78, 5) is 4.09. The fourth-order valence-electron chi connectivity index (χ4n) is 5.06. The molecule has 33 heavy (non-hydrogen) atoms. The molecule has 1 unspecified atom stereocenters. The topological polar surface area (TPSA) is 56.7 Å². The molecule has 2 aliphatic rings. The van der Waals surface area contributed by atoms with Gasteiger partial charge in [-0.1, -0.05) is 11.8 Å². The van der Waals surface area contributed by atoms with E-state index in [1.807, 2.05) is 18.5 Å². The Morgan fingerprint density at radius 2 is 2.03 bits per heavy atom. The number of alkyl halides is 3. The number of aryl methyl sites for hydroxylation is 1. The van der Waals surface area contributed by atoms with Crippen LogP contribution in [-0.4, -0.2) is 44.6 Å². The Morgan fingerprint density at radius 1 is 1.21 bits per heavy atom. The van der Waals surface area contributed by atoms with Crippen LogP contribution in [0.1, 0.15) is 30.5 Å². The summed E-state index contributed by atoms with van der Waals surface area (Å²) in [7, 11) is 1.89. The largest absolute Gasteiger partial charge is 0.440 e. The van der Waals surface area contributed by atoms with Crippen LogP contribution in [0.3, 0.4) is 0 Å². The van der Waals surface area contributed by atoms with Crippen molar-refractivity contribution in [3.8, 4) is 11.6 Å². The number of nitrogens with zero attached hydrogens (tertiary/aromatic N) is 5. The van der Waals surface area contributed by atoms with E-state index in [-0.39, 0.29) is 0 Å². The van der Waals surface area contributed by atoms with E-state index in [0.717, 1.165) is 55.0 Å². The van der Waals surface area contributed by atoms with Gasteiger partial charge in [0.1, 0.15) is 24.1 Å². The van der Waals surface area contributed by atoms with Crippen molar-refractivity contribution in [3.05, 3.63) is 41.7 Å². The van der Waals surface area contributed by atoms with Crippen molar-refractivity contribution in [2.75, 3.05) is 18.8 Å². The number of aromatic nitrogens is 4. The minimum atomic E-state index is -4.54. The zero-order valence-electron chi connectivity index (χ0n) is 18.3. The van der Waals surface area contributed by atoms with E-state index in [9.17, 15) is 17.6 Å². The van der Waals surface area contributed by atoms with E-state index >= 15 is 0 Å². The van der Waals surface area contributed by atoms with Gasteiger partial charge in [-0.25, -0.2) is 9.37 Å². The molecule has 0 saturated carbocycles. The van der Waals surface area contributed by atoms with Crippen LogP contribution in [-0.2, 0) is 13.2 Å². The van der Waals surface area contributed by atoms with Crippen molar-refractivity contribution in [2.24, 2.45) is 13.0 Å². The summed E-state index contributed by atoms with van der Waals surface area (Å²) >= 11 is 1.62. The monoisotopic (exact) mass is 482 g/mol. The molecule has 5 rings (SSSR count). The Hall–Kier alpha value is -2.40. The molecule has 2 fully saturated rings. The molecule has 0 aliphatic carbocycles. The first kappa shape index (κ1) is 22.4. The second kappa shape index (κ2) is 8.12. The molecule has 2 aromatic heterocycles. The van der Waals surface area contributed by atoms with Crippen LogP contribution in [0.2, 0.25) is 0 Å². The number of hydrogen-bond acceptors (Lipinski definition) is 5. The molecular weight excluding hydrogens is 458 g/mol.